The summed E-state index contributed by atoms with van der Waals surface area (Å²) >= 11 is 0. The summed E-state index contributed by atoms with van der Waals surface area (Å²) in [6.45, 7) is 4.00. The third-order valence-corrected chi connectivity index (χ3v) is 3.42. The Morgan fingerprint density at radius 2 is 1.95 bits per heavy atom. The number of aliphatic carboxylic acids is 1. The molecule has 0 bridgehead atoms. The SMILES string of the molecule is CC(C)c1cc(C(=O)NCC(C(=O)O)c2ccccc2)n[nH]1. The van der Waals surface area contributed by atoms with Crippen LogP contribution in [0.25, 0.3) is 0 Å². The number of hydrogen-bond donors (Lipinski definition) is 3. The van der Waals surface area contributed by atoms with Gasteiger partial charge in [-0.25, -0.2) is 0 Å². The van der Waals surface area contributed by atoms with Gasteiger partial charge >= 0.3 is 5.97 Å². The predicted octanol–water partition coefficient (Wildman–Crippen LogP) is 2.13. The Labute approximate surface area is 128 Å². The molecule has 0 aliphatic heterocycles. The van der Waals surface area contributed by atoms with Crippen LogP contribution in [0, 0.1) is 0 Å². The van der Waals surface area contributed by atoms with Crippen molar-refractivity contribution in [2.45, 2.75) is 25.7 Å². The minimum atomic E-state index is -0.976. The number of carboxylic acid groups (broad SMARTS) is 1. The van der Waals surface area contributed by atoms with Crippen LogP contribution in [-0.2, 0) is 4.79 Å². The molecule has 1 aromatic carbocycles. The number of carboxylic acids is 1. The quantitative estimate of drug-likeness (QED) is 0.761. The predicted molar refractivity (Wildman–Crippen MR) is 81.8 cm³/mol. The zero-order chi connectivity index (χ0) is 16.1. The summed E-state index contributed by atoms with van der Waals surface area (Å²) in [7, 11) is 0. The smallest absolute Gasteiger partial charge is 0.312 e. The first kappa shape index (κ1) is 15.8. The molecule has 0 spiro atoms. The van der Waals surface area contributed by atoms with Crippen LogP contribution >= 0.6 is 0 Å². The van der Waals surface area contributed by atoms with Crippen molar-refractivity contribution in [2.75, 3.05) is 6.54 Å². The average molecular weight is 301 g/mol. The van der Waals surface area contributed by atoms with Gasteiger partial charge in [0.25, 0.3) is 5.91 Å². The Hall–Kier alpha value is -2.63. The van der Waals surface area contributed by atoms with E-state index in [4.69, 9.17) is 0 Å². The van der Waals surface area contributed by atoms with E-state index in [2.05, 4.69) is 15.5 Å². The molecule has 1 unspecified atom stereocenters. The van der Waals surface area contributed by atoms with Gasteiger partial charge in [-0.15, -0.1) is 0 Å². The van der Waals surface area contributed by atoms with E-state index in [9.17, 15) is 14.7 Å². The Kier molecular flexibility index (Phi) is 4.93. The van der Waals surface area contributed by atoms with E-state index in [-0.39, 0.29) is 24.1 Å². The Balaban J connectivity index is 2.03. The number of carbonyl (C=O) groups excluding carboxylic acids is 1. The van der Waals surface area contributed by atoms with Crippen LogP contribution in [0.2, 0.25) is 0 Å². The lowest BCUT2D eigenvalue weighted by Crippen LogP contribution is -2.31. The van der Waals surface area contributed by atoms with Gasteiger partial charge in [0.15, 0.2) is 0 Å². The Morgan fingerprint density at radius 1 is 1.27 bits per heavy atom. The van der Waals surface area contributed by atoms with Crippen molar-refractivity contribution in [2.24, 2.45) is 0 Å². The largest absolute Gasteiger partial charge is 0.481 e. The van der Waals surface area contributed by atoms with E-state index in [1.165, 1.54) is 0 Å². The fourth-order valence-corrected chi connectivity index (χ4v) is 2.07. The first-order valence-corrected chi connectivity index (χ1v) is 7.10. The molecule has 0 aliphatic rings. The van der Waals surface area contributed by atoms with E-state index >= 15 is 0 Å². The molecule has 3 N–H and O–H groups in total. The Morgan fingerprint density at radius 3 is 2.50 bits per heavy atom. The maximum atomic E-state index is 12.1. The fraction of sp³-hybridized carbons (Fsp3) is 0.312. The normalized spacial score (nSPS) is 12.1. The van der Waals surface area contributed by atoms with E-state index in [0.29, 0.717) is 5.56 Å². The number of H-pyrrole nitrogens is 1. The molecule has 6 heteroatoms. The van der Waals surface area contributed by atoms with Gasteiger partial charge in [0, 0.05) is 12.2 Å². The molecule has 22 heavy (non-hydrogen) atoms. The molecule has 116 valence electrons. The highest BCUT2D eigenvalue weighted by atomic mass is 16.4. The van der Waals surface area contributed by atoms with Gasteiger partial charge in [-0.2, -0.15) is 5.10 Å². The van der Waals surface area contributed by atoms with Crippen LogP contribution in [0.15, 0.2) is 36.4 Å². The molecule has 0 radical (unpaired) electrons. The number of hydrogen-bond acceptors (Lipinski definition) is 3. The molecule has 1 aromatic heterocycles. The highest BCUT2D eigenvalue weighted by molar-refractivity contribution is 5.92. The number of nitrogens with one attached hydrogen (secondary N) is 2. The Bertz CT molecular complexity index is 650. The lowest BCUT2D eigenvalue weighted by Gasteiger charge is -2.13. The van der Waals surface area contributed by atoms with Gasteiger partial charge in [0.05, 0.1) is 5.92 Å². The molecular weight excluding hydrogens is 282 g/mol. The maximum Gasteiger partial charge on any atom is 0.312 e. The van der Waals surface area contributed by atoms with E-state index in [1.807, 2.05) is 19.9 Å². The number of benzene rings is 1. The van der Waals surface area contributed by atoms with Crippen molar-refractivity contribution in [3.8, 4) is 0 Å². The zero-order valence-electron chi connectivity index (χ0n) is 12.5. The van der Waals surface area contributed by atoms with Crippen LogP contribution in [0.1, 0.15) is 47.4 Å². The fourth-order valence-electron chi connectivity index (χ4n) is 2.07. The number of carbonyl (C=O) groups is 2. The monoisotopic (exact) mass is 301 g/mol. The highest BCUT2D eigenvalue weighted by Gasteiger charge is 2.21. The molecule has 1 heterocycles. The van der Waals surface area contributed by atoms with Crippen molar-refractivity contribution in [3.05, 3.63) is 53.3 Å². The number of amides is 1. The van der Waals surface area contributed by atoms with Gasteiger partial charge in [0.2, 0.25) is 0 Å². The van der Waals surface area contributed by atoms with Crippen LogP contribution in [0.5, 0.6) is 0 Å². The molecule has 0 saturated heterocycles. The number of nitrogens with zero attached hydrogens (tertiary/aromatic N) is 1. The van der Waals surface area contributed by atoms with Crippen molar-refractivity contribution in [3.63, 3.8) is 0 Å². The van der Waals surface area contributed by atoms with E-state index in [0.717, 1.165) is 5.69 Å². The van der Waals surface area contributed by atoms with Gasteiger partial charge in [-0.3, -0.25) is 14.7 Å². The minimum Gasteiger partial charge on any atom is -0.481 e. The zero-order valence-corrected chi connectivity index (χ0v) is 12.5. The van der Waals surface area contributed by atoms with Gasteiger partial charge < -0.3 is 10.4 Å². The van der Waals surface area contributed by atoms with Crippen molar-refractivity contribution in [1.82, 2.24) is 15.5 Å². The molecule has 0 fully saturated rings. The number of aromatic nitrogens is 2. The van der Waals surface area contributed by atoms with E-state index in [1.54, 1.807) is 30.3 Å². The molecule has 2 rings (SSSR count). The molecule has 6 nitrogen and oxygen atoms in total. The maximum absolute atomic E-state index is 12.1. The van der Waals surface area contributed by atoms with Crippen LogP contribution in [-0.4, -0.2) is 33.7 Å². The third-order valence-electron chi connectivity index (χ3n) is 3.42. The van der Waals surface area contributed by atoms with Gasteiger partial charge in [-0.05, 0) is 17.5 Å². The van der Waals surface area contributed by atoms with E-state index < -0.39 is 11.9 Å². The van der Waals surface area contributed by atoms with Crippen LogP contribution in [0.4, 0.5) is 0 Å². The summed E-state index contributed by atoms with van der Waals surface area (Å²) in [5.41, 5.74) is 1.78. The lowest BCUT2D eigenvalue weighted by atomic mass is 9.99. The highest BCUT2D eigenvalue weighted by Crippen LogP contribution is 2.15. The summed E-state index contributed by atoms with van der Waals surface area (Å²) in [6.07, 6.45) is 0. The van der Waals surface area contributed by atoms with Crippen molar-refractivity contribution < 1.29 is 14.7 Å². The first-order valence-electron chi connectivity index (χ1n) is 7.10. The second-order valence-electron chi connectivity index (χ2n) is 5.37. The third kappa shape index (κ3) is 3.72. The van der Waals surface area contributed by atoms with Crippen LogP contribution in [0.3, 0.4) is 0 Å². The topological polar surface area (TPSA) is 95.1 Å². The summed E-state index contributed by atoms with van der Waals surface area (Å²) in [5, 5.41) is 18.7. The second-order valence-corrected chi connectivity index (χ2v) is 5.37. The second kappa shape index (κ2) is 6.89. The molecule has 0 saturated carbocycles. The molecule has 1 atom stereocenters. The average Bonchev–Trinajstić information content (AvgIpc) is 2.98. The van der Waals surface area contributed by atoms with Crippen LogP contribution < -0.4 is 5.32 Å². The molecule has 1 amide bonds. The summed E-state index contributed by atoms with van der Waals surface area (Å²) < 4.78 is 0. The first-order chi connectivity index (χ1) is 10.5. The molecular formula is C16H19N3O3. The van der Waals surface area contributed by atoms with Gasteiger partial charge in [0.1, 0.15) is 5.69 Å². The van der Waals surface area contributed by atoms with Crippen molar-refractivity contribution >= 4 is 11.9 Å². The number of rotatable bonds is 6. The summed E-state index contributed by atoms with van der Waals surface area (Å²) in [6, 6.07) is 10.5. The summed E-state index contributed by atoms with van der Waals surface area (Å²) in [5.74, 6) is -1.90. The van der Waals surface area contributed by atoms with Gasteiger partial charge in [-0.1, -0.05) is 44.2 Å². The number of aromatic amines is 1. The van der Waals surface area contributed by atoms with Crippen molar-refractivity contribution in [1.29, 1.82) is 0 Å². The molecule has 0 aliphatic carbocycles. The minimum absolute atomic E-state index is 0.0159. The summed E-state index contributed by atoms with van der Waals surface area (Å²) in [4.78, 5) is 23.4. The standard InChI is InChI=1S/C16H19N3O3/c1-10(2)13-8-14(19-18-13)15(20)17-9-12(16(21)22)11-6-4-3-5-7-11/h3-8,10,12H,9H2,1-2H3,(H,17,20)(H,18,19)(H,21,22). The lowest BCUT2D eigenvalue weighted by molar-refractivity contribution is -0.138. The molecule has 2 aromatic rings.